The van der Waals surface area contributed by atoms with Crippen LogP contribution in [-0.2, 0) is 4.79 Å². The van der Waals surface area contributed by atoms with Crippen LogP contribution in [0, 0.1) is 17.6 Å². The molecule has 1 rings (SSSR count). The number of carboxylic acids is 1. The molecule has 0 spiro atoms. The van der Waals surface area contributed by atoms with E-state index in [9.17, 15) is 18.4 Å². The minimum atomic E-state index is -1.17. The average Bonchev–Trinajstić information content (AvgIpc) is 2.31. The van der Waals surface area contributed by atoms with Crippen LogP contribution in [0.4, 0.5) is 19.3 Å². The molecule has 0 saturated heterocycles. The van der Waals surface area contributed by atoms with Gasteiger partial charge in [-0.15, -0.1) is 0 Å². The van der Waals surface area contributed by atoms with E-state index in [1.54, 1.807) is 0 Å². The van der Waals surface area contributed by atoms with Crippen LogP contribution in [0.25, 0.3) is 0 Å². The average molecular weight is 286 g/mol. The highest BCUT2D eigenvalue weighted by Crippen LogP contribution is 2.15. The zero-order valence-electron chi connectivity index (χ0n) is 11.1. The largest absolute Gasteiger partial charge is 0.480 e. The van der Waals surface area contributed by atoms with Crippen molar-refractivity contribution in [1.82, 2.24) is 5.32 Å². The van der Waals surface area contributed by atoms with E-state index in [1.165, 1.54) is 0 Å². The normalized spacial score (nSPS) is 12.1. The number of anilines is 1. The van der Waals surface area contributed by atoms with Crippen LogP contribution in [0.1, 0.15) is 20.3 Å². The second-order valence-electron chi connectivity index (χ2n) is 4.74. The van der Waals surface area contributed by atoms with E-state index in [1.807, 2.05) is 13.8 Å². The van der Waals surface area contributed by atoms with Gasteiger partial charge in [0, 0.05) is 6.07 Å². The molecule has 110 valence electrons. The summed E-state index contributed by atoms with van der Waals surface area (Å²) in [5, 5.41) is 13.3. The lowest BCUT2D eigenvalue weighted by Crippen LogP contribution is -2.43. The minimum absolute atomic E-state index is 0.0685. The van der Waals surface area contributed by atoms with Gasteiger partial charge in [0.25, 0.3) is 0 Å². The van der Waals surface area contributed by atoms with Crippen molar-refractivity contribution in [2.45, 2.75) is 26.3 Å². The third-order valence-electron chi connectivity index (χ3n) is 2.49. The van der Waals surface area contributed by atoms with Gasteiger partial charge < -0.3 is 15.7 Å². The highest BCUT2D eigenvalue weighted by atomic mass is 19.1. The summed E-state index contributed by atoms with van der Waals surface area (Å²) >= 11 is 0. The first-order valence-corrected chi connectivity index (χ1v) is 6.05. The fourth-order valence-corrected chi connectivity index (χ4v) is 1.60. The molecule has 0 aliphatic heterocycles. The maximum atomic E-state index is 13.3. The lowest BCUT2D eigenvalue weighted by atomic mass is 10.0. The van der Waals surface area contributed by atoms with Crippen LogP contribution >= 0.6 is 0 Å². The number of carboxylic acid groups (broad SMARTS) is 1. The Morgan fingerprint density at radius 1 is 1.30 bits per heavy atom. The number of carbonyl (C=O) groups excluding carboxylic acids is 1. The summed E-state index contributed by atoms with van der Waals surface area (Å²) in [4.78, 5) is 22.6. The van der Waals surface area contributed by atoms with Crippen molar-refractivity contribution >= 4 is 17.7 Å². The van der Waals surface area contributed by atoms with Crippen LogP contribution in [0.3, 0.4) is 0 Å². The van der Waals surface area contributed by atoms with Crippen LogP contribution in [0.2, 0.25) is 0 Å². The van der Waals surface area contributed by atoms with Gasteiger partial charge in [0.15, 0.2) is 0 Å². The van der Waals surface area contributed by atoms with E-state index in [0.29, 0.717) is 6.07 Å². The summed E-state index contributed by atoms with van der Waals surface area (Å²) in [7, 11) is 0. The van der Waals surface area contributed by atoms with Crippen molar-refractivity contribution in [3.8, 4) is 0 Å². The molecule has 0 aromatic heterocycles. The van der Waals surface area contributed by atoms with Crippen molar-refractivity contribution in [3.05, 3.63) is 29.8 Å². The molecule has 1 aromatic carbocycles. The number of rotatable bonds is 5. The van der Waals surface area contributed by atoms with Gasteiger partial charge in [-0.1, -0.05) is 13.8 Å². The van der Waals surface area contributed by atoms with Gasteiger partial charge in [0.05, 0.1) is 5.69 Å². The van der Waals surface area contributed by atoms with Gasteiger partial charge in [-0.3, -0.25) is 0 Å². The lowest BCUT2D eigenvalue weighted by molar-refractivity contribution is -0.139. The van der Waals surface area contributed by atoms with Crippen molar-refractivity contribution in [2.24, 2.45) is 5.92 Å². The number of hydrogen-bond donors (Lipinski definition) is 3. The molecule has 1 aromatic rings. The Morgan fingerprint density at radius 3 is 2.45 bits per heavy atom. The van der Waals surface area contributed by atoms with E-state index in [-0.39, 0.29) is 18.0 Å². The summed E-state index contributed by atoms with van der Waals surface area (Å²) in [6.45, 7) is 3.63. The standard InChI is InChI=1S/C13H16F2N2O3/c1-7(2)5-11(12(18)19)17-13(20)16-10-4-3-8(14)6-9(10)15/h3-4,6-7,11H,5H2,1-2H3,(H,18,19)(H2,16,17,20)/t11-/m1/s1. The zero-order chi connectivity index (χ0) is 15.3. The van der Waals surface area contributed by atoms with Crippen molar-refractivity contribution in [2.75, 3.05) is 5.32 Å². The Balaban J connectivity index is 2.68. The second kappa shape index (κ2) is 6.83. The maximum absolute atomic E-state index is 13.3. The SMILES string of the molecule is CC(C)C[C@@H](NC(=O)Nc1ccc(F)cc1F)C(=O)O. The van der Waals surface area contributed by atoms with Gasteiger partial charge in [-0.25, -0.2) is 18.4 Å². The molecule has 20 heavy (non-hydrogen) atoms. The first-order chi connectivity index (χ1) is 9.29. The van der Waals surface area contributed by atoms with E-state index in [2.05, 4.69) is 10.6 Å². The molecule has 1 atom stereocenters. The lowest BCUT2D eigenvalue weighted by Gasteiger charge is -2.17. The number of amides is 2. The first kappa shape index (κ1) is 15.9. The Labute approximate surface area is 115 Å². The Morgan fingerprint density at radius 2 is 1.95 bits per heavy atom. The number of carbonyl (C=O) groups is 2. The molecule has 0 heterocycles. The van der Waals surface area contributed by atoms with Crippen molar-refractivity contribution in [1.29, 1.82) is 0 Å². The summed E-state index contributed by atoms with van der Waals surface area (Å²) in [5.41, 5.74) is -0.224. The summed E-state index contributed by atoms with van der Waals surface area (Å²) in [6.07, 6.45) is 0.245. The van der Waals surface area contributed by atoms with Crippen LogP contribution in [0.15, 0.2) is 18.2 Å². The molecular formula is C13H16F2N2O3. The highest BCUT2D eigenvalue weighted by molar-refractivity contribution is 5.92. The smallest absolute Gasteiger partial charge is 0.326 e. The predicted octanol–water partition coefficient (Wildman–Crippen LogP) is 2.59. The fraction of sp³-hybridized carbons (Fsp3) is 0.385. The maximum Gasteiger partial charge on any atom is 0.326 e. The van der Waals surface area contributed by atoms with Crippen molar-refractivity contribution < 1.29 is 23.5 Å². The van der Waals surface area contributed by atoms with Gasteiger partial charge in [-0.05, 0) is 24.5 Å². The molecule has 0 saturated carbocycles. The predicted molar refractivity (Wildman–Crippen MR) is 69.4 cm³/mol. The molecule has 0 aliphatic carbocycles. The van der Waals surface area contributed by atoms with Gasteiger partial charge >= 0.3 is 12.0 Å². The Bertz CT molecular complexity index is 506. The van der Waals surface area contributed by atoms with Crippen LogP contribution in [-0.4, -0.2) is 23.1 Å². The summed E-state index contributed by atoms with van der Waals surface area (Å²) in [6, 6.07) is 0.740. The van der Waals surface area contributed by atoms with Gasteiger partial charge in [0.1, 0.15) is 17.7 Å². The van der Waals surface area contributed by atoms with Crippen LogP contribution in [0.5, 0.6) is 0 Å². The molecule has 2 amide bonds. The molecule has 7 heteroatoms. The number of nitrogens with one attached hydrogen (secondary N) is 2. The van der Waals surface area contributed by atoms with Crippen molar-refractivity contribution in [3.63, 3.8) is 0 Å². The Kier molecular flexibility index (Phi) is 5.42. The quantitative estimate of drug-likeness (QED) is 0.778. The molecular weight excluding hydrogens is 270 g/mol. The number of benzene rings is 1. The number of aliphatic carboxylic acids is 1. The van der Waals surface area contributed by atoms with E-state index in [4.69, 9.17) is 5.11 Å². The monoisotopic (exact) mass is 286 g/mol. The number of halogens is 2. The molecule has 0 radical (unpaired) electrons. The van der Waals surface area contributed by atoms with Gasteiger partial charge in [0.2, 0.25) is 0 Å². The number of hydrogen-bond acceptors (Lipinski definition) is 2. The molecule has 3 N–H and O–H groups in total. The van der Waals surface area contributed by atoms with Gasteiger partial charge in [-0.2, -0.15) is 0 Å². The Hall–Kier alpha value is -2.18. The van der Waals surface area contributed by atoms with E-state index >= 15 is 0 Å². The summed E-state index contributed by atoms with van der Waals surface area (Å²) < 4.78 is 26.0. The first-order valence-electron chi connectivity index (χ1n) is 6.05. The topological polar surface area (TPSA) is 78.4 Å². The molecule has 0 fully saturated rings. The van der Waals surface area contributed by atoms with E-state index in [0.717, 1.165) is 12.1 Å². The minimum Gasteiger partial charge on any atom is -0.480 e. The summed E-state index contributed by atoms with van der Waals surface area (Å²) in [5.74, 6) is -2.81. The highest BCUT2D eigenvalue weighted by Gasteiger charge is 2.21. The van der Waals surface area contributed by atoms with Crippen LogP contribution < -0.4 is 10.6 Å². The third-order valence-corrected chi connectivity index (χ3v) is 2.49. The molecule has 0 unspecified atom stereocenters. The number of urea groups is 1. The molecule has 5 nitrogen and oxygen atoms in total. The third kappa shape index (κ3) is 4.83. The molecule has 0 bridgehead atoms. The zero-order valence-corrected chi connectivity index (χ0v) is 11.1. The molecule has 0 aliphatic rings. The fourth-order valence-electron chi connectivity index (χ4n) is 1.60. The van der Waals surface area contributed by atoms with E-state index < -0.39 is 29.7 Å². The second-order valence-corrected chi connectivity index (χ2v) is 4.74.